The van der Waals surface area contributed by atoms with Crippen molar-refractivity contribution in [1.82, 2.24) is 9.55 Å². The van der Waals surface area contributed by atoms with E-state index < -0.39 is 0 Å². The molecule has 1 fully saturated rings. The van der Waals surface area contributed by atoms with Crippen LogP contribution in [0, 0.1) is 6.92 Å². The van der Waals surface area contributed by atoms with Crippen LogP contribution in [-0.2, 0) is 11.3 Å². The third-order valence-corrected chi connectivity index (χ3v) is 6.30. The van der Waals surface area contributed by atoms with Crippen LogP contribution in [0.1, 0.15) is 23.7 Å². The minimum Gasteiger partial charge on any atom is -0.490 e. The monoisotopic (exact) mass is 445 g/mol. The molecule has 1 aromatic heterocycles. The number of hydrogen-bond donors (Lipinski definition) is 0. The number of imidazole rings is 1. The number of carbonyl (C=O) groups excluding carboxylic acids is 1. The molecule has 2 heterocycles. The second-order valence-electron chi connectivity index (χ2n) is 8.08. The van der Waals surface area contributed by atoms with Crippen LogP contribution < -0.4 is 9.64 Å². The van der Waals surface area contributed by atoms with Gasteiger partial charge in [-0.2, -0.15) is 0 Å². The third kappa shape index (κ3) is 3.84. The molecule has 0 radical (unpaired) electrons. The minimum absolute atomic E-state index is 0.0230. The lowest BCUT2D eigenvalue weighted by atomic mass is 10.1. The number of ether oxygens (including phenoxy) is 1. The zero-order chi connectivity index (χ0) is 22.1. The first-order valence-corrected chi connectivity index (χ1v) is 11.2. The van der Waals surface area contributed by atoms with Gasteiger partial charge in [-0.3, -0.25) is 4.79 Å². The second kappa shape index (κ2) is 8.67. The van der Waals surface area contributed by atoms with E-state index in [1.165, 1.54) is 0 Å². The second-order valence-corrected chi connectivity index (χ2v) is 8.49. The number of rotatable bonds is 6. The Morgan fingerprint density at radius 3 is 2.62 bits per heavy atom. The summed E-state index contributed by atoms with van der Waals surface area (Å²) in [6.07, 6.45) is 0.447. The van der Waals surface area contributed by atoms with E-state index in [0.717, 1.165) is 28.1 Å². The van der Waals surface area contributed by atoms with Crippen molar-refractivity contribution in [3.05, 3.63) is 89.2 Å². The van der Waals surface area contributed by atoms with Crippen LogP contribution in [0.25, 0.3) is 11.0 Å². The van der Waals surface area contributed by atoms with Gasteiger partial charge < -0.3 is 14.2 Å². The first-order valence-electron chi connectivity index (χ1n) is 10.8. The van der Waals surface area contributed by atoms with E-state index in [-0.39, 0.29) is 11.8 Å². The van der Waals surface area contributed by atoms with E-state index in [0.29, 0.717) is 36.9 Å². The Balaban J connectivity index is 1.42. The van der Waals surface area contributed by atoms with Gasteiger partial charge in [0.2, 0.25) is 5.91 Å². The lowest BCUT2D eigenvalue weighted by Crippen LogP contribution is -2.25. The van der Waals surface area contributed by atoms with Crippen LogP contribution in [0.4, 0.5) is 5.69 Å². The summed E-state index contributed by atoms with van der Waals surface area (Å²) >= 11 is 6.23. The fourth-order valence-electron chi connectivity index (χ4n) is 4.43. The zero-order valence-electron chi connectivity index (χ0n) is 17.9. The van der Waals surface area contributed by atoms with Crippen molar-refractivity contribution >= 4 is 34.2 Å². The highest BCUT2D eigenvalue weighted by Crippen LogP contribution is 2.34. The lowest BCUT2D eigenvalue weighted by molar-refractivity contribution is -0.117. The SMILES string of the molecule is Cc1ccccc1N1C[C@H](c2nc3ccccc3n2CCOc2ccccc2Cl)CC1=O. The van der Waals surface area contributed by atoms with Crippen molar-refractivity contribution < 1.29 is 9.53 Å². The summed E-state index contributed by atoms with van der Waals surface area (Å²) in [5, 5.41) is 0.596. The largest absolute Gasteiger partial charge is 0.490 e. The van der Waals surface area contributed by atoms with Crippen LogP contribution >= 0.6 is 11.6 Å². The summed E-state index contributed by atoms with van der Waals surface area (Å²) in [6, 6.07) is 23.6. The van der Waals surface area contributed by atoms with E-state index in [1.54, 1.807) is 0 Å². The predicted octanol–water partition coefficient (Wildman–Crippen LogP) is 5.60. The minimum atomic E-state index is 0.0230. The van der Waals surface area contributed by atoms with Gasteiger partial charge in [-0.15, -0.1) is 0 Å². The van der Waals surface area contributed by atoms with Crippen molar-refractivity contribution in [3.8, 4) is 5.75 Å². The fourth-order valence-corrected chi connectivity index (χ4v) is 4.62. The number of nitrogens with zero attached hydrogens (tertiary/aromatic N) is 3. The van der Waals surface area contributed by atoms with Gasteiger partial charge >= 0.3 is 0 Å². The Kier molecular flexibility index (Phi) is 5.58. The number of aryl methyl sites for hydroxylation is 1. The zero-order valence-corrected chi connectivity index (χ0v) is 18.6. The van der Waals surface area contributed by atoms with Gasteiger partial charge in [-0.05, 0) is 42.8 Å². The van der Waals surface area contributed by atoms with Gasteiger partial charge in [0.05, 0.1) is 22.6 Å². The molecule has 6 heteroatoms. The van der Waals surface area contributed by atoms with Gasteiger partial charge in [-0.1, -0.05) is 54.1 Å². The first-order chi connectivity index (χ1) is 15.6. The van der Waals surface area contributed by atoms with Crippen molar-refractivity contribution in [1.29, 1.82) is 0 Å². The molecule has 0 unspecified atom stereocenters. The number of fused-ring (bicyclic) bond motifs is 1. The highest BCUT2D eigenvalue weighted by molar-refractivity contribution is 6.32. The number of amides is 1. The molecule has 0 saturated carbocycles. The summed E-state index contributed by atoms with van der Waals surface area (Å²) in [5.41, 5.74) is 4.06. The number of aromatic nitrogens is 2. The lowest BCUT2D eigenvalue weighted by Gasteiger charge is -2.19. The normalized spacial score (nSPS) is 16.1. The van der Waals surface area contributed by atoms with E-state index in [9.17, 15) is 4.79 Å². The molecule has 5 rings (SSSR count). The molecule has 0 spiro atoms. The van der Waals surface area contributed by atoms with Crippen molar-refractivity contribution in [2.24, 2.45) is 0 Å². The molecule has 0 aliphatic carbocycles. The summed E-state index contributed by atoms with van der Waals surface area (Å²) < 4.78 is 8.13. The van der Waals surface area contributed by atoms with Gasteiger partial charge in [0.25, 0.3) is 0 Å². The molecule has 4 aromatic rings. The fraction of sp³-hybridized carbons (Fsp3) is 0.231. The van der Waals surface area contributed by atoms with Gasteiger partial charge in [0, 0.05) is 24.6 Å². The Morgan fingerprint density at radius 1 is 1.03 bits per heavy atom. The molecular weight excluding hydrogens is 422 g/mol. The first kappa shape index (κ1) is 20.6. The van der Waals surface area contributed by atoms with Crippen LogP contribution in [0.3, 0.4) is 0 Å². The Hall–Kier alpha value is -3.31. The summed E-state index contributed by atoms with van der Waals surface area (Å²) in [6.45, 7) is 3.74. The Bertz CT molecular complexity index is 1280. The molecule has 1 aliphatic rings. The molecule has 1 aliphatic heterocycles. The topological polar surface area (TPSA) is 47.4 Å². The Morgan fingerprint density at radius 2 is 1.78 bits per heavy atom. The highest BCUT2D eigenvalue weighted by Gasteiger charge is 2.35. The smallest absolute Gasteiger partial charge is 0.227 e. The average molecular weight is 446 g/mol. The number of halogens is 1. The quantitative estimate of drug-likeness (QED) is 0.388. The molecular formula is C26H24ClN3O2. The van der Waals surface area contributed by atoms with E-state index >= 15 is 0 Å². The number of carbonyl (C=O) groups is 1. The van der Waals surface area contributed by atoms with Crippen LogP contribution in [0.15, 0.2) is 72.8 Å². The maximum absolute atomic E-state index is 12.9. The third-order valence-electron chi connectivity index (χ3n) is 5.99. The molecule has 3 aromatic carbocycles. The van der Waals surface area contributed by atoms with E-state index in [1.807, 2.05) is 78.6 Å². The highest BCUT2D eigenvalue weighted by atomic mass is 35.5. The van der Waals surface area contributed by atoms with Crippen LogP contribution in [0.5, 0.6) is 5.75 Å². The molecule has 1 atom stereocenters. The molecule has 162 valence electrons. The summed E-state index contributed by atoms with van der Waals surface area (Å²) in [7, 11) is 0. The van der Waals surface area contributed by atoms with E-state index in [4.69, 9.17) is 21.3 Å². The molecule has 1 amide bonds. The molecule has 0 N–H and O–H groups in total. The number of anilines is 1. The van der Waals surface area contributed by atoms with Crippen molar-refractivity contribution in [2.75, 3.05) is 18.1 Å². The van der Waals surface area contributed by atoms with Crippen molar-refractivity contribution in [2.45, 2.75) is 25.8 Å². The Labute approximate surface area is 192 Å². The predicted molar refractivity (Wildman–Crippen MR) is 128 cm³/mol. The molecule has 0 bridgehead atoms. The maximum atomic E-state index is 12.9. The van der Waals surface area contributed by atoms with Gasteiger partial charge in [-0.25, -0.2) is 4.98 Å². The molecule has 1 saturated heterocycles. The number of benzene rings is 3. The van der Waals surface area contributed by atoms with Crippen LogP contribution in [-0.4, -0.2) is 28.6 Å². The van der Waals surface area contributed by atoms with E-state index in [2.05, 4.69) is 10.6 Å². The molecule has 32 heavy (non-hydrogen) atoms. The maximum Gasteiger partial charge on any atom is 0.227 e. The van der Waals surface area contributed by atoms with Crippen LogP contribution in [0.2, 0.25) is 5.02 Å². The average Bonchev–Trinajstić information content (AvgIpc) is 3.36. The summed E-state index contributed by atoms with van der Waals surface area (Å²) in [5.74, 6) is 1.75. The van der Waals surface area contributed by atoms with Gasteiger partial charge in [0.1, 0.15) is 18.2 Å². The van der Waals surface area contributed by atoms with Crippen molar-refractivity contribution in [3.63, 3.8) is 0 Å². The number of para-hydroxylation sites is 4. The number of hydrogen-bond acceptors (Lipinski definition) is 3. The molecule has 5 nitrogen and oxygen atoms in total. The summed E-state index contributed by atoms with van der Waals surface area (Å²) in [4.78, 5) is 19.7. The standard InChI is InChI=1S/C26H24ClN3O2/c1-18-8-2-5-11-22(18)30-17-19(16-25(30)31)26-28-21-10-4-6-12-23(21)29(26)14-15-32-24-13-7-3-9-20(24)27/h2-13,19H,14-17H2,1H3/t19-/m1/s1. The van der Waals surface area contributed by atoms with Gasteiger partial charge in [0.15, 0.2) is 0 Å².